The summed E-state index contributed by atoms with van der Waals surface area (Å²) < 4.78 is 13.3. The Bertz CT molecular complexity index is 1410. The molecule has 1 fully saturated rings. The lowest BCUT2D eigenvalue weighted by Gasteiger charge is -2.36. The Kier molecular flexibility index (Phi) is 5.72. The highest BCUT2D eigenvalue weighted by molar-refractivity contribution is 5.94. The number of fused-ring (bicyclic) bond motifs is 1. The molecule has 1 aliphatic heterocycles. The van der Waals surface area contributed by atoms with E-state index in [1.807, 2.05) is 18.2 Å². The molecule has 0 bridgehead atoms. The molecule has 0 unspecified atom stereocenters. The van der Waals surface area contributed by atoms with Gasteiger partial charge in [0.15, 0.2) is 5.82 Å². The quantitative estimate of drug-likeness (QED) is 0.468. The van der Waals surface area contributed by atoms with E-state index in [-0.39, 0.29) is 5.82 Å². The van der Waals surface area contributed by atoms with Crippen LogP contribution >= 0.6 is 0 Å². The second-order valence-electron chi connectivity index (χ2n) is 8.14. The molecule has 1 saturated heterocycles. The van der Waals surface area contributed by atoms with Crippen LogP contribution in [-0.2, 0) is 6.42 Å². The van der Waals surface area contributed by atoms with Gasteiger partial charge >= 0.3 is 0 Å². The molecule has 0 saturated carbocycles. The maximum absolute atomic E-state index is 13.3. The first-order valence-corrected chi connectivity index (χ1v) is 10.9. The van der Waals surface area contributed by atoms with Crippen LogP contribution in [-0.4, -0.2) is 41.4 Å². The minimum absolute atomic E-state index is 0.274. The van der Waals surface area contributed by atoms with Gasteiger partial charge in [0.05, 0.1) is 22.9 Å². The number of hydrogen-bond donors (Lipinski definition) is 0. The Morgan fingerprint density at radius 1 is 0.794 bits per heavy atom. The van der Waals surface area contributed by atoms with Crippen molar-refractivity contribution >= 4 is 22.4 Å². The topological polar surface area (TPSA) is 92.7 Å². The zero-order valence-corrected chi connectivity index (χ0v) is 18.3. The van der Waals surface area contributed by atoms with Gasteiger partial charge in [-0.15, -0.1) is 5.10 Å². The van der Waals surface area contributed by atoms with Gasteiger partial charge in [-0.2, -0.15) is 15.6 Å². The molecule has 2 aromatic heterocycles. The number of halogens is 1. The number of piperazine rings is 1. The van der Waals surface area contributed by atoms with E-state index < -0.39 is 0 Å². The second kappa shape index (κ2) is 9.13. The van der Waals surface area contributed by atoms with Crippen molar-refractivity contribution in [2.75, 3.05) is 36.0 Å². The molecule has 0 radical (unpaired) electrons. The third-order valence-corrected chi connectivity index (χ3v) is 6.03. The minimum atomic E-state index is -0.274. The highest BCUT2D eigenvalue weighted by atomic mass is 19.1. The predicted octanol–water partition coefficient (Wildman–Crippen LogP) is 3.82. The Hall–Kier alpha value is -4.56. The Balaban J connectivity index is 1.42. The maximum Gasteiger partial charge on any atom is 0.159 e. The van der Waals surface area contributed by atoms with Crippen LogP contribution in [0.25, 0.3) is 10.8 Å². The van der Waals surface area contributed by atoms with Gasteiger partial charge in [0.2, 0.25) is 0 Å². The lowest BCUT2D eigenvalue weighted by molar-refractivity contribution is 0.627. The van der Waals surface area contributed by atoms with E-state index in [0.29, 0.717) is 17.5 Å². The predicted molar refractivity (Wildman–Crippen MR) is 127 cm³/mol. The van der Waals surface area contributed by atoms with E-state index in [1.165, 1.54) is 12.1 Å². The van der Waals surface area contributed by atoms with Crippen molar-refractivity contribution in [3.8, 4) is 12.1 Å². The molecule has 4 aromatic rings. The zero-order chi connectivity index (χ0) is 23.5. The van der Waals surface area contributed by atoms with E-state index in [0.717, 1.165) is 59.8 Å². The highest BCUT2D eigenvalue weighted by Crippen LogP contribution is 2.29. The van der Waals surface area contributed by atoms with E-state index in [4.69, 9.17) is 5.26 Å². The average Bonchev–Trinajstić information content (AvgIpc) is 2.90. The fourth-order valence-electron chi connectivity index (χ4n) is 4.21. The number of nitriles is 2. The molecule has 34 heavy (non-hydrogen) atoms. The summed E-state index contributed by atoms with van der Waals surface area (Å²) in [6.07, 6.45) is 2.11. The number of benzene rings is 2. The molecule has 7 nitrogen and oxygen atoms in total. The summed E-state index contributed by atoms with van der Waals surface area (Å²) >= 11 is 0. The molecule has 5 rings (SSSR count). The molecule has 0 amide bonds. The number of rotatable bonds is 4. The molecule has 2 aromatic carbocycles. The number of hydrogen-bond acceptors (Lipinski definition) is 7. The van der Waals surface area contributed by atoms with Crippen molar-refractivity contribution < 1.29 is 4.39 Å². The Labute approximate surface area is 196 Å². The maximum atomic E-state index is 13.3. The van der Waals surface area contributed by atoms with Crippen LogP contribution in [0.15, 0.2) is 60.8 Å². The summed E-state index contributed by atoms with van der Waals surface area (Å²) in [7, 11) is 0. The van der Waals surface area contributed by atoms with Gasteiger partial charge in [0.1, 0.15) is 17.7 Å². The third-order valence-electron chi connectivity index (χ3n) is 6.03. The molecule has 8 heteroatoms. The van der Waals surface area contributed by atoms with Crippen molar-refractivity contribution in [1.29, 1.82) is 10.5 Å². The highest BCUT2D eigenvalue weighted by Gasteiger charge is 2.22. The number of aromatic nitrogens is 3. The van der Waals surface area contributed by atoms with Crippen molar-refractivity contribution in [3.05, 3.63) is 89.0 Å². The Morgan fingerprint density at radius 3 is 2.18 bits per heavy atom. The molecule has 1 aliphatic rings. The van der Waals surface area contributed by atoms with Gasteiger partial charge in [-0.05, 0) is 42.0 Å². The van der Waals surface area contributed by atoms with Crippen molar-refractivity contribution in [2.45, 2.75) is 6.42 Å². The summed E-state index contributed by atoms with van der Waals surface area (Å²) in [6, 6.07) is 19.9. The normalized spacial score (nSPS) is 13.5. The molecule has 0 aliphatic carbocycles. The van der Waals surface area contributed by atoms with E-state index in [1.54, 1.807) is 30.5 Å². The lowest BCUT2D eigenvalue weighted by Crippen LogP contribution is -2.47. The Morgan fingerprint density at radius 2 is 1.50 bits per heavy atom. The first-order valence-electron chi connectivity index (χ1n) is 10.9. The largest absolute Gasteiger partial charge is 0.353 e. The summed E-state index contributed by atoms with van der Waals surface area (Å²) in [4.78, 5) is 8.75. The van der Waals surface area contributed by atoms with Crippen LogP contribution in [0.1, 0.15) is 22.4 Å². The standard InChI is InChI=1S/C26H20FN7/c27-21-5-1-18(2-6-21)14-24-22-7-3-19(15-28)13-23(22)26(32-31-24)34-11-9-33(10-12-34)25-8-4-20(16-29)17-30-25/h1-8,13,17H,9-12,14H2. The van der Waals surface area contributed by atoms with Crippen molar-refractivity contribution in [3.63, 3.8) is 0 Å². The van der Waals surface area contributed by atoms with Crippen LogP contribution in [0.3, 0.4) is 0 Å². The number of anilines is 2. The molecule has 0 N–H and O–H groups in total. The van der Waals surface area contributed by atoms with E-state index in [9.17, 15) is 9.65 Å². The SMILES string of the molecule is N#Cc1ccc(N2CCN(c3nnc(Cc4ccc(F)cc4)c4ccc(C#N)cc34)CC2)nc1. The lowest BCUT2D eigenvalue weighted by atomic mass is 10.0. The van der Waals surface area contributed by atoms with Gasteiger partial charge in [-0.3, -0.25) is 0 Å². The summed E-state index contributed by atoms with van der Waals surface area (Å²) in [5, 5.41) is 29.3. The molecule has 0 spiro atoms. The molecule has 3 heterocycles. The van der Waals surface area contributed by atoms with Crippen LogP contribution in [0.5, 0.6) is 0 Å². The number of nitrogens with zero attached hydrogens (tertiary/aromatic N) is 7. The molecule has 166 valence electrons. The first-order chi connectivity index (χ1) is 16.6. The van der Waals surface area contributed by atoms with Crippen molar-refractivity contribution in [2.24, 2.45) is 0 Å². The van der Waals surface area contributed by atoms with Gasteiger partial charge in [0, 0.05) is 49.6 Å². The fourth-order valence-corrected chi connectivity index (χ4v) is 4.21. The van der Waals surface area contributed by atoms with Gasteiger partial charge in [-0.25, -0.2) is 9.37 Å². The fraction of sp³-hybridized carbons (Fsp3) is 0.192. The summed E-state index contributed by atoms with van der Waals surface area (Å²) in [5.74, 6) is 1.32. The number of pyridine rings is 1. The van der Waals surface area contributed by atoms with E-state index >= 15 is 0 Å². The monoisotopic (exact) mass is 449 g/mol. The van der Waals surface area contributed by atoms with Crippen LogP contribution in [0.4, 0.5) is 16.0 Å². The third kappa shape index (κ3) is 4.22. The summed E-state index contributed by atoms with van der Waals surface area (Å²) in [5.41, 5.74) is 2.83. The van der Waals surface area contributed by atoms with Crippen molar-refractivity contribution in [1.82, 2.24) is 15.2 Å². The van der Waals surface area contributed by atoms with Gasteiger partial charge in [-0.1, -0.05) is 18.2 Å². The smallest absolute Gasteiger partial charge is 0.159 e. The molecular formula is C26H20FN7. The van der Waals surface area contributed by atoms with Crippen LogP contribution in [0, 0.1) is 28.5 Å². The minimum Gasteiger partial charge on any atom is -0.353 e. The molecule has 0 atom stereocenters. The van der Waals surface area contributed by atoms with Crippen LogP contribution in [0.2, 0.25) is 0 Å². The zero-order valence-electron chi connectivity index (χ0n) is 18.3. The van der Waals surface area contributed by atoms with Gasteiger partial charge in [0.25, 0.3) is 0 Å². The summed E-state index contributed by atoms with van der Waals surface area (Å²) in [6.45, 7) is 2.94. The van der Waals surface area contributed by atoms with Crippen LogP contribution < -0.4 is 9.80 Å². The van der Waals surface area contributed by atoms with E-state index in [2.05, 4.69) is 37.1 Å². The first kappa shape index (κ1) is 21.3. The average molecular weight is 449 g/mol. The molecular weight excluding hydrogens is 429 g/mol. The second-order valence-corrected chi connectivity index (χ2v) is 8.14. The van der Waals surface area contributed by atoms with Gasteiger partial charge < -0.3 is 9.80 Å².